The van der Waals surface area contributed by atoms with Gasteiger partial charge in [-0.2, -0.15) is 0 Å². The molecule has 114 valence electrons. The lowest BCUT2D eigenvalue weighted by atomic mass is 9.58. The highest BCUT2D eigenvalue weighted by atomic mass is 16.3. The van der Waals surface area contributed by atoms with E-state index in [1.165, 1.54) is 17.5 Å². The first-order chi connectivity index (χ1) is 10.2. The topological polar surface area (TPSA) is 49.5 Å². The standard InChI is InChI=1S/C18H26N2O/c19-13-17(9-3-6-14-5-1-2-7-15(14)17)18(21)10-12-20-11-4-8-16(18)20/h1-2,5,7,16,21H,3-4,6,8-13,19H2. The Bertz CT molecular complexity index is 546. The van der Waals surface area contributed by atoms with E-state index in [1.807, 2.05) is 0 Å². The fourth-order valence-corrected chi connectivity index (χ4v) is 5.43. The molecule has 0 amide bonds. The number of benzene rings is 1. The van der Waals surface area contributed by atoms with Gasteiger partial charge in [-0.3, -0.25) is 4.90 Å². The second-order valence-corrected chi connectivity index (χ2v) is 7.17. The number of fused-ring (bicyclic) bond motifs is 2. The van der Waals surface area contributed by atoms with Crippen molar-refractivity contribution < 1.29 is 5.11 Å². The highest BCUT2D eigenvalue weighted by Crippen LogP contribution is 2.52. The zero-order chi connectivity index (χ0) is 14.5. The van der Waals surface area contributed by atoms with Crippen LogP contribution < -0.4 is 5.73 Å². The Hall–Kier alpha value is -0.900. The Morgan fingerprint density at radius 3 is 2.90 bits per heavy atom. The fraction of sp³-hybridized carbons (Fsp3) is 0.667. The van der Waals surface area contributed by atoms with Gasteiger partial charge in [-0.05, 0) is 56.2 Å². The molecule has 2 heterocycles. The lowest BCUT2D eigenvalue weighted by molar-refractivity contribution is -0.0639. The second kappa shape index (κ2) is 4.80. The summed E-state index contributed by atoms with van der Waals surface area (Å²) in [5.41, 5.74) is 8.16. The molecule has 3 atom stereocenters. The van der Waals surface area contributed by atoms with Crippen molar-refractivity contribution >= 4 is 0 Å². The molecule has 3 heteroatoms. The lowest BCUT2D eigenvalue weighted by Crippen LogP contribution is -2.62. The van der Waals surface area contributed by atoms with Gasteiger partial charge in [0, 0.05) is 24.5 Å². The number of hydrogen-bond donors (Lipinski definition) is 2. The van der Waals surface area contributed by atoms with Gasteiger partial charge in [-0.15, -0.1) is 0 Å². The van der Waals surface area contributed by atoms with Crippen LogP contribution in [0.1, 0.15) is 43.2 Å². The first kappa shape index (κ1) is 13.7. The summed E-state index contributed by atoms with van der Waals surface area (Å²) in [5.74, 6) is 0. The quantitative estimate of drug-likeness (QED) is 0.872. The molecule has 1 aromatic rings. The molecule has 2 aliphatic heterocycles. The van der Waals surface area contributed by atoms with Gasteiger partial charge >= 0.3 is 0 Å². The van der Waals surface area contributed by atoms with Gasteiger partial charge in [0.25, 0.3) is 0 Å². The summed E-state index contributed by atoms with van der Waals surface area (Å²) in [6, 6.07) is 8.98. The highest BCUT2D eigenvalue weighted by Gasteiger charge is 2.60. The molecule has 3 unspecified atom stereocenters. The van der Waals surface area contributed by atoms with Crippen LogP contribution in [0.25, 0.3) is 0 Å². The van der Waals surface area contributed by atoms with Gasteiger partial charge in [0.15, 0.2) is 0 Å². The van der Waals surface area contributed by atoms with Crippen molar-refractivity contribution in [2.24, 2.45) is 5.73 Å². The Kier molecular flexibility index (Phi) is 3.14. The fourth-order valence-electron chi connectivity index (χ4n) is 5.43. The van der Waals surface area contributed by atoms with Crippen molar-refractivity contribution in [2.45, 2.75) is 55.6 Å². The number of nitrogens with zero attached hydrogens (tertiary/aromatic N) is 1. The number of nitrogens with two attached hydrogens (primary N) is 1. The average molecular weight is 286 g/mol. The Morgan fingerprint density at radius 2 is 2.05 bits per heavy atom. The highest BCUT2D eigenvalue weighted by molar-refractivity contribution is 5.42. The molecule has 0 saturated carbocycles. The summed E-state index contributed by atoms with van der Waals surface area (Å²) in [7, 11) is 0. The molecule has 2 saturated heterocycles. The molecule has 0 bridgehead atoms. The van der Waals surface area contributed by atoms with Crippen LogP contribution in [0, 0.1) is 0 Å². The molecule has 0 spiro atoms. The van der Waals surface area contributed by atoms with E-state index in [2.05, 4.69) is 29.2 Å². The van der Waals surface area contributed by atoms with Gasteiger partial charge in [0.05, 0.1) is 5.60 Å². The third-order valence-corrected chi connectivity index (χ3v) is 6.45. The molecule has 3 aliphatic rings. The second-order valence-electron chi connectivity index (χ2n) is 7.17. The van der Waals surface area contributed by atoms with Gasteiger partial charge < -0.3 is 10.8 Å². The minimum Gasteiger partial charge on any atom is -0.387 e. The van der Waals surface area contributed by atoms with Crippen LogP contribution in [-0.2, 0) is 11.8 Å². The van der Waals surface area contributed by atoms with Crippen LogP contribution in [0.5, 0.6) is 0 Å². The van der Waals surface area contributed by atoms with Crippen LogP contribution in [0.15, 0.2) is 24.3 Å². The van der Waals surface area contributed by atoms with Gasteiger partial charge in [0.2, 0.25) is 0 Å². The number of aliphatic hydroxyl groups is 1. The zero-order valence-electron chi connectivity index (χ0n) is 12.7. The molecule has 1 aromatic carbocycles. The monoisotopic (exact) mass is 286 g/mol. The van der Waals surface area contributed by atoms with Crippen LogP contribution in [0.2, 0.25) is 0 Å². The first-order valence-corrected chi connectivity index (χ1v) is 8.46. The van der Waals surface area contributed by atoms with Crippen LogP contribution in [0.4, 0.5) is 0 Å². The Labute approximate surface area is 127 Å². The minimum atomic E-state index is -0.644. The summed E-state index contributed by atoms with van der Waals surface area (Å²) in [6.07, 6.45) is 6.52. The van der Waals surface area contributed by atoms with Gasteiger partial charge in [-0.25, -0.2) is 0 Å². The van der Waals surface area contributed by atoms with E-state index in [1.54, 1.807) is 0 Å². The molecular weight excluding hydrogens is 260 g/mol. The van der Waals surface area contributed by atoms with Crippen molar-refractivity contribution in [2.75, 3.05) is 19.6 Å². The molecule has 0 aromatic heterocycles. The maximum atomic E-state index is 11.8. The molecular formula is C18H26N2O. The minimum absolute atomic E-state index is 0.244. The van der Waals surface area contributed by atoms with E-state index < -0.39 is 5.60 Å². The molecule has 0 radical (unpaired) electrons. The SMILES string of the molecule is NCC1(C2(O)CCN3CCCC32)CCCc2ccccc21. The summed E-state index contributed by atoms with van der Waals surface area (Å²) >= 11 is 0. The molecule has 21 heavy (non-hydrogen) atoms. The van der Waals surface area contributed by atoms with Crippen LogP contribution in [0.3, 0.4) is 0 Å². The van der Waals surface area contributed by atoms with Crippen molar-refractivity contribution in [1.82, 2.24) is 4.90 Å². The number of hydrogen-bond acceptors (Lipinski definition) is 3. The molecule has 2 fully saturated rings. The van der Waals surface area contributed by atoms with E-state index in [4.69, 9.17) is 5.73 Å². The average Bonchev–Trinajstić information content (AvgIpc) is 3.11. The van der Waals surface area contributed by atoms with E-state index in [9.17, 15) is 5.11 Å². The third kappa shape index (κ3) is 1.71. The largest absolute Gasteiger partial charge is 0.387 e. The Balaban J connectivity index is 1.85. The normalized spacial score (nSPS) is 39.2. The zero-order valence-corrected chi connectivity index (χ0v) is 12.7. The van der Waals surface area contributed by atoms with E-state index >= 15 is 0 Å². The predicted molar refractivity (Wildman–Crippen MR) is 84.3 cm³/mol. The van der Waals surface area contributed by atoms with Crippen LogP contribution in [-0.4, -0.2) is 41.3 Å². The van der Waals surface area contributed by atoms with Crippen molar-refractivity contribution in [3.05, 3.63) is 35.4 Å². The number of rotatable bonds is 2. The maximum Gasteiger partial charge on any atom is 0.0922 e. The Morgan fingerprint density at radius 1 is 1.19 bits per heavy atom. The molecule has 1 aliphatic carbocycles. The van der Waals surface area contributed by atoms with E-state index in [0.29, 0.717) is 12.6 Å². The third-order valence-electron chi connectivity index (χ3n) is 6.45. The molecule has 3 nitrogen and oxygen atoms in total. The van der Waals surface area contributed by atoms with Gasteiger partial charge in [0.1, 0.15) is 0 Å². The van der Waals surface area contributed by atoms with Crippen molar-refractivity contribution in [3.63, 3.8) is 0 Å². The predicted octanol–water partition coefficient (Wildman–Crippen LogP) is 1.82. The lowest BCUT2D eigenvalue weighted by Gasteiger charge is -2.51. The van der Waals surface area contributed by atoms with Crippen LogP contribution >= 0.6 is 0 Å². The van der Waals surface area contributed by atoms with Crippen molar-refractivity contribution in [1.29, 1.82) is 0 Å². The van der Waals surface area contributed by atoms with Crippen molar-refractivity contribution in [3.8, 4) is 0 Å². The summed E-state index contributed by atoms with van der Waals surface area (Å²) in [4.78, 5) is 2.49. The molecule has 4 rings (SSSR count). The summed E-state index contributed by atoms with van der Waals surface area (Å²) in [5, 5.41) is 11.8. The number of aryl methyl sites for hydroxylation is 1. The van der Waals surface area contributed by atoms with E-state index in [-0.39, 0.29) is 5.41 Å². The van der Waals surface area contributed by atoms with Gasteiger partial charge in [-0.1, -0.05) is 24.3 Å². The maximum absolute atomic E-state index is 11.8. The summed E-state index contributed by atoms with van der Waals surface area (Å²) in [6.45, 7) is 2.74. The molecule has 3 N–H and O–H groups in total. The smallest absolute Gasteiger partial charge is 0.0922 e. The summed E-state index contributed by atoms with van der Waals surface area (Å²) < 4.78 is 0. The van der Waals surface area contributed by atoms with E-state index in [0.717, 1.165) is 45.2 Å². The first-order valence-electron chi connectivity index (χ1n) is 8.46.